The van der Waals surface area contributed by atoms with Crippen molar-refractivity contribution in [1.82, 2.24) is 10.5 Å². The zero-order chi connectivity index (χ0) is 15.6. The summed E-state index contributed by atoms with van der Waals surface area (Å²) < 4.78 is 5.46. The largest absolute Gasteiger partial charge is 0.355 e. The third-order valence-electron chi connectivity index (χ3n) is 3.58. The van der Waals surface area contributed by atoms with Crippen LogP contribution in [0.4, 0.5) is 0 Å². The number of fused-ring (bicyclic) bond motifs is 1. The van der Waals surface area contributed by atoms with Crippen molar-refractivity contribution in [3.05, 3.63) is 54.1 Å². The lowest BCUT2D eigenvalue weighted by Gasteiger charge is -2.04. The molecule has 0 radical (unpaired) electrons. The lowest BCUT2D eigenvalue weighted by Crippen LogP contribution is -2.27. The molecule has 1 aliphatic rings. The molecule has 3 aromatic rings. The number of nitrogens with zero attached hydrogens (tertiary/aromatic N) is 2. The van der Waals surface area contributed by atoms with Gasteiger partial charge < -0.3 is 9.84 Å². The molecular weight excluding hydrogens is 310 g/mol. The fraction of sp³-hybridized carbons (Fsp3) is 0.118. The molecule has 1 aromatic heterocycles. The molecule has 114 valence electrons. The topological polar surface area (TPSA) is 67.5 Å². The zero-order valence-corrected chi connectivity index (χ0v) is 13.0. The fourth-order valence-corrected chi connectivity index (χ4v) is 3.18. The maximum atomic E-state index is 12.4. The second kappa shape index (κ2) is 5.89. The molecule has 0 spiro atoms. The molecule has 6 heteroatoms. The van der Waals surface area contributed by atoms with Crippen LogP contribution in [0.25, 0.3) is 22.2 Å². The quantitative estimate of drug-likeness (QED) is 0.785. The van der Waals surface area contributed by atoms with Gasteiger partial charge in [0.05, 0.1) is 11.9 Å². The molecule has 4 rings (SSSR count). The predicted molar refractivity (Wildman–Crippen MR) is 91.7 cm³/mol. The van der Waals surface area contributed by atoms with Gasteiger partial charge in [-0.3, -0.25) is 9.79 Å². The lowest BCUT2D eigenvalue weighted by atomic mass is 10.1. The predicted octanol–water partition coefficient (Wildman–Crippen LogP) is 3.33. The van der Waals surface area contributed by atoms with Crippen LogP contribution in [0.15, 0.2) is 58.0 Å². The first kappa shape index (κ1) is 14.0. The van der Waals surface area contributed by atoms with E-state index in [-0.39, 0.29) is 5.91 Å². The first-order valence-corrected chi connectivity index (χ1v) is 8.23. The van der Waals surface area contributed by atoms with Crippen LogP contribution in [0.1, 0.15) is 10.4 Å². The van der Waals surface area contributed by atoms with Gasteiger partial charge in [-0.25, -0.2) is 0 Å². The van der Waals surface area contributed by atoms with Crippen molar-refractivity contribution in [2.24, 2.45) is 4.99 Å². The van der Waals surface area contributed by atoms with Gasteiger partial charge >= 0.3 is 0 Å². The minimum Gasteiger partial charge on any atom is -0.355 e. The van der Waals surface area contributed by atoms with Crippen LogP contribution in [0.2, 0.25) is 0 Å². The normalized spacial score (nSPS) is 14.0. The second-order valence-corrected chi connectivity index (χ2v) is 6.18. The number of amides is 1. The van der Waals surface area contributed by atoms with E-state index < -0.39 is 0 Å². The van der Waals surface area contributed by atoms with E-state index in [4.69, 9.17) is 4.52 Å². The number of aromatic nitrogens is 1. The Kier molecular flexibility index (Phi) is 3.59. The first-order valence-electron chi connectivity index (χ1n) is 7.25. The van der Waals surface area contributed by atoms with Crippen molar-refractivity contribution in [2.75, 3.05) is 12.3 Å². The van der Waals surface area contributed by atoms with Gasteiger partial charge in [-0.15, -0.1) is 0 Å². The Balaban J connectivity index is 1.71. The van der Waals surface area contributed by atoms with E-state index in [1.54, 1.807) is 23.9 Å². The third-order valence-corrected chi connectivity index (χ3v) is 4.47. The lowest BCUT2D eigenvalue weighted by molar-refractivity contribution is 0.0978. The number of nitrogens with one attached hydrogen (secondary N) is 1. The molecule has 0 unspecified atom stereocenters. The van der Waals surface area contributed by atoms with E-state index in [1.165, 1.54) is 0 Å². The molecule has 0 atom stereocenters. The maximum absolute atomic E-state index is 12.4. The van der Waals surface area contributed by atoms with E-state index in [9.17, 15) is 4.79 Å². The number of thioether (sulfide) groups is 1. The highest BCUT2D eigenvalue weighted by Gasteiger charge is 2.16. The first-order chi connectivity index (χ1) is 11.3. The summed E-state index contributed by atoms with van der Waals surface area (Å²) >= 11 is 1.56. The highest BCUT2D eigenvalue weighted by atomic mass is 32.2. The number of rotatable bonds is 2. The molecular formula is C17H13N3O2S. The van der Waals surface area contributed by atoms with Crippen LogP contribution in [0, 0.1) is 0 Å². The molecule has 1 amide bonds. The van der Waals surface area contributed by atoms with Gasteiger partial charge in [-0.1, -0.05) is 47.3 Å². The van der Waals surface area contributed by atoms with Crippen LogP contribution in [-0.4, -0.2) is 28.5 Å². The zero-order valence-electron chi connectivity index (χ0n) is 12.2. The van der Waals surface area contributed by atoms with Crippen molar-refractivity contribution in [3.8, 4) is 11.3 Å². The molecule has 1 aliphatic heterocycles. The maximum Gasteiger partial charge on any atom is 0.257 e. The number of hydrogen-bond donors (Lipinski definition) is 1. The number of benzene rings is 2. The van der Waals surface area contributed by atoms with Crippen LogP contribution in [-0.2, 0) is 0 Å². The average Bonchev–Trinajstić information content (AvgIpc) is 3.24. The standard InChI is InChI=1S/C17H13N3O2S/c21-16(19-17-18-8-9-23-17)12-6-7-14-13(10-12)15(22-20-14)11-4-2-1-3-5-11/h1-7,10H,8-9H2,(H,18,19,21). The summed E-state index contributed by atoms with van der Waals surface area (Å²) in [5, 5.41) is 8.41. The minimum absolute atomic E-state index is 0.166. The summed E-state index contributed by atoms with van der Waals surface area (Å²) in [7, 11) is 0. The molecule has 23 heavy (non-hydrogen) atoms. The van der Waals surface area contributed by atoms with Crippen molar-refractivity contribution in [2.45, 2.75) is 0 Å². The monoisotopic (exact) mass is 323 g/mol. The van der Waals surface area contributed by atoms with Gasteiger partial charge in [0, 0.05) is 16.9 Å². The highest BCUT2D eigenvalue weighted by Crippen LogP contribution is 2.29. The van der Waals surface area contributed by atoms with Crippen molar-refractivity contribution in [1.29, 1.82) is 0 Å². The van der Waals surface area contributed by atoms with Crippen molar-refractivity contribution >= 4 is 33.7 Å². The van der Waals surface area contributed by atoms with Crippen LogP contribution in [0.5, 0.6) is 0 Å². The molecule has 0 saturated carbocycles. The van der Waals surface area contributed by atoms with E-state index in [1.807, 2.05) is 36.4 Å². The smallest absolute Gasteiger partial charge is 0.257 e. The third kappa shape index (κ3) is 2.73. The Labute approximate surface area is 136 Å². The van der Waals surface area contributed by atoms with Gasteiger partial charge in [0.1, 0.15) is 5.52 Å². The van der Waals surface area contributed by atoms with Crippen LogP contribution in [0.3, 0.4) is 0 Å². The van der Waals surface area contributed by atoms with E-state index in [2.05, 4.69) is 15.5 Å². The SMILES string of the molecule is O=C(NC1=NCCS1)c1ccc2noc(-c3ccccc3)c2c1. The summed E-state index contributed by atoms with van der Waals surface area (Å²) in [5.74, 6) is 1.42. The summed E-state index contributed by atoms with van der Waals surface area (Å²) in [4.78, 5) is 16.6. The molecule has 0 fully saturated rings. The van der Waals surface area contributed by atoms with E-state index in [0.29, 0.717) is 16.5 Å². The van der Waals surface area contributed by atoms with E-state index >= 15 is 0 Å². The fourth-order valence-electron chi connectivity index (χ4n) is 2.46. The molecule has 0 bridgehead atoms. The summed E-state index contributed by atoms with van der Waals surface area (Å²) in [6.07, 6.45) is 0. The molecule has 0 saturated heterocycles. The average molecular weight is 323 g/mol. The molecule has 2 heterocycles. The Morgan fingerprint density at radius 1 is 1.17 bits per heavy atom. The number of aliphatic imine (C=N–C) groups is 1. The van der Waals surface area contributed by atoms with Gasteiger partial charge in [0.2, 0.25) is 0 Å². The van der Waals surface area contributed by atoms with Gasteiger partial charge in [-0.05, 0) is 18.2 Å². The molecule has 1 N–H and O–H groups in total. The Morgan fingerprint density at radius 2 is 2.04 bits per heavy atom. The van der Waals surface area contributed by atoms with E-state index in [0.717, 1.165) is 28.8 Å². The number of hydrogen-bond acceptors (Lipinski definition) is 5. The number of carbonyl (C=O) groups is 1. The van der Waals surface area contributed by atoms with Crippen LogP contribution < -0.4 is 5.32 Å². The summed E-state index contributed by atoms with van der Waals surface area (Å²) in [5.41, 5.74) is 2.23. The van der Waals surface area contributed by atoms with Gasteiger partial charge in [0.15, 0.2) is 10.9 Å². The van der Waals surface area contributed by atoms with Crippen LogP contribution >= 0.6 is 11.8 Å². The Hall–Kier alpha value is -2.60. The molecule has 2 aromatic carbocycles. The second-order valence-electron chi connectivity index (χ2n) is 5.10. The minimum atomic E-state index is -0.166. The Bertz CT molecular complexity index is 903. The van der Waals surface area contributed by atoms with Gasteiger partial charge in [0.25, 0.3) is 5.91 Å². The Morgan fingerprint density at radius 3 is 2.83 bits per heavy atom. The molecule has 5 nitrogen and oxygen atoms in total. The van der Waals surface area contributed by atoms with Crippen molar-refractivity contribution < 1.29 is 9.32 Å². The summed E-state index contributed by atoms with van der Waals surface area (Å²) in [6, 6.07) is 15.1. The molecule has 0 aliphatic carbocycles. The number of amidine groups is 1. The highest BCUT2D eigenvalue weighted by molar-refractivity contribution is 8.14. The summed E-state index contributed by atoms with van der Waals surface area (Å²) in [6.45, 7) is 0.753. The number of carbonyl (C=O) groups excluding carboxylic acids is 1. The van der Waals surface area contributed by atoms with Crippen molar-refractivity contribution in [3.63, 3.8) is 0 Å². The van der Waals surface area contributed by atoms with Gasteiger partial charge in [-0.2, -0.15) is 0 Å².